The predicted octanol–water partition coefficient (Wildman–Crippen LogP) is 4.25. The number of nitrogens with one attached hydrogen (secondary N) is 1. The Labute approximate surface area is 178 Å². The van der Waals surface area contributed by atoms with Crippen molar-refractivity contribution >= 4 is 5.91 Å². The molecule has 0 fully saturated rings. The first-order chi connectivity index (χ1) is 14.5. The Balaban J connectivity index is 2.03. The fraction of sp³-hybridized carbons (Fsp3) is 0.458. The average molecular weight is 415 g/mol. The molecule has 1 aliphatic heterocycles. The first-order valence-corrected chi connectivity index (χ1v) is 10.5. The standard InChI is InChI=1S/C24H31FN2O3/c1-5-20(26-23(28)6-2)24-19-14-22(30-4)21(29-3)13-17(19)10-11-27(24)15-16-8-7-9-18(25)12-16/h7-9,12-14,20,24H,5-6,10-11,15H2,1-4H3,(H,26,28). The molecule has 0 aliphatic carbocycles. The molecule has 0 radical (unpaired) electrons. The highest BCUT2D eigenvalue weighted by Crippen LogP contribution is 2.40. The van der Waals surface area contributed by atoms with E-state index < -0.39 is 0 Å². The molecule has 0 saturated carbocycles. The van der Waals surface area contributed by atoms with Gasteiger partial charge in [0.2, 0.25) is 5.91 Å². The van der Waals surface area contributed by atoms with E-state index in [-0.39, 0.29) is 23.8 Å². The maximum Gasteiger partial charge on any atom is 0.219 e. The Morgan fingerprint density at radius 3 is 2.57 bits per heavy atom. The highest BCUT2D eigenvalue weighted by atomic mass is 19.1. The molecule has 2 aromatic carbocycles. The van der Waals surface area contributed by atoms with Crippen LogP contribution in [0.3, 0.4) is 0 Å². The Bertz CT molecular complexity index is 887. The smallest absolute Gasteiger partial charge is 0.219 e. The number of methoxy groups -OCH3 is 2. The zero-order chi connectivity index (χ0) is 21.7. The highest BCUT2D eigenvalue weighted by Gasteiger charge is 2.35. The van der Waals surface area contributed by atoms with Gasteiger partial charge in [-0.3, -0.25) is 9.69 Å². The van der Waals surface area contributed by atoms with E-state index in [2.05, 4.69) is 17.1 Å². The summed E-state index contributed by atoms with van der Waals surface area (Å²) in [5, 5.41) is 3.19. The van der Waals surface area contributed by atoms with Crippen molar-refractivity contribution in [3.63, 3.8) is 0 Å². The average Bonchev–Trinajstić information content (AvgIpc) is 2.76. The van der Waals surface area contributed by atoms with Gasteiger partial charge in [-0.15, -0.1) is 0 Å². The summed E-state index contributed by atoms with van der Waals surface area (Å²) in [6.45, 7) is 5.35. The van der Waals surface area contributed by atoms with Gasteiger partial charge in [0.05, 0.1) is 20.3 Å². The van der Waals surface area contributed by atoms with Crippen LogP contribution in [-0.4, -0.2) is 37.6 Å². The van der Waals surface area contributed by atoms with E-state index in [4.69, 9.17) is 9.47 Å². The number of nitrogens with zero attached hydrogens (tertiary/aromatic N) is 1. The normalized spacial score (nSPS) is 17.2. The molecule has 162 valence electrons. The minimum atomic E-state index is -0.237. The lowest BCUT2D eigenvalue weighted by Gasteiger charge is -2.42. The SMILES string of the molecule is CCC(=O)NC(CC)C1c2cc(OC)c(OC)cc2CCN1Cc1cccc(F)c1. The van der Waals surface area contributed by atoms with Crippen LogP contribution >= 0.6 is 0 Å². The number of rotatable bonds is 8. The van der Waals surface area contributed by atoms with Crippen LogP contribution < -0.4 is 14.8 Å². The molecular formula is C24H31FN2O3. The van der Waals surface area contributed by atoms with Gasteiger partial charge in [-0.05, 0) is 53.8 Å². The molecular weight excluding hydrogens is 383 g/mol. The minimum absolute atomic E-state index is 0.0279. The summed E-state index contributed by atoms with van der Waals surface area (Å²) >= 11 is 0. The van der Waals surface area contributed by atoms with E-state index in [0.29, 0.717) is 24.5 Å². The molecule has 5 nitrogen and oxygen atoms in total. The molecule has 2 unspecified atom stereocenters. The number of fused-ring (bicyclic) bond motifs is 1. The van der Waals surface area contributed by atoms with E-state index in [9.17, 15) is 9.18 Å². The van der Waals surface area contributed by atoms with Crippen molar-refractivity contribution in [1.82, 2.24) is 10.2 Å². The van der Waals surface area contributed by atoms with Crippen molar-refractivity contribution in [3.8, 4) is 11.5 Å². The number of benzene rings is 2. The van der Waals surface area contributed by atoms with E-state index in [1.165, 1.54) is 11.6 Å². The van der Waals surface area contributed by atoms with E-state index in [0.717, 1.165) is 30.5 Å². The molecule has 2 atom stereocenters. The molecule has 1 amide bonds. The summed E-state index contributed by atoms with van der Waals surface area (Å²) in [4.78, 5) is 14.6. The fourth-order valence-electron chi connectivity index (χ4n) is 4.26. The molecule has 1 aliphatic rings. The lowest BCUT2D eigenvalue weighted by Crippen LogP contribution is -2.48. The van der Waals surface area contributed by atoms with Gasteiger partial charge in [0.1, 0.15) is 5.82 Å². The monoisotopic (exact) mass is 414 g/mol. The van der Waals surface area contributed by atoms with Gasteiger partial charge in [-0.1, -0.05) is 26.0 Å². The highest BCUT2D eigenvalue weighted by molar-refractivity contribution is 5.76. The Hall–Kier alpha value is -2.60. The topological polar surface area (TPSA) is 50.8 Å². The summed E-state index contributed by atoms with van der Waals surface area (Å²) in [6, 6.07) is 10.7. The second-order valence-electron chi connectivity index (χ2n) is 7.64. The van der Waals surface area contributed by atoms with Crippen molar-refractivity contribution < 1.29 is 18.7 Å². The van der Waals surface area contributed by atoms with Crippen molar-refractivity contribution in [2.45, 2.75) is 51.7 Å². The summed E-state index contributed by atoms with van der Waals surface area (Å²) in [5.74, 6) is 1.17. The summed E-state index contributed by atoms with van der Waals surface area (Å²) in [7, 11) is 3.26. The van der Waals surface area contributed by atoms with Crippen LogP contribution in [0.1, 0.15) is 49.4 Å². The van der Waals surface area contributed by atoms with Crippen LogP contribution in [0.25, 0.3) is 0 Å². The van der Waals surface area contributed by atoms with Crippen LogP contribution in [0.5, 0.6) is 11.5 Å². The molecule has 1 N–H and O–H groups in total. The van der Waals surface area contributed by atoms with Gasteiger partial charge < -0.3 is 14.8 Å². The van der Waals surface area contributed by atoms with Gasteiger partial charge in [-0.2, -0.15) is 0 Å². The van der Waals surface area contributed by atoms with Crippen LogP contribution in [-0.2, 0) is 17.8 Å². The maximum absolute atomic E-state index is 13.8. The van der Waals surface area contributed by atoms with Crippen LogP contribution in [0.15, 0.2) is 36.4 Å². The Kier molecular flexibility index (Phi) is 7.32. The Morgan fingerprint density at radius 1 is 1.20 bits per heavy atom. The molecule has 0 saturated heterocycles. The molecule has 0 bridgehead atoms. The number of hydrogen-bond acceptors (Lipinski definition) is 4. The number of ether oxygens (including phenoxy) is 2. The third-order valence-electron chi connectivity index (χ3n) is 5.79. The van der Waals surface area contributed by atoms with Crippen molar-refractivity contribution in [1.29, 1.82) is 0 Å². The van der Waals surface area contributed by atoms with Crippen LogP contribution in [0.2, 0.25) is 0 Å². The Morgan fingerprint density at radius 2 is 1.93 bits per heavy atom. The molecule has 0 aromatic heterocycles. The number of carbonyl (C=O) groups excluding carboxylic acids is 1. The molecule has 0 spiro atoms. The van der Waals surface area contributed by atoms with Crippen molar-refractivity contribution in [3.05, 3.63) is 58.9 Å². The lowest BCUT2D eigenvalue weighted by molar-refractivity contribution is -0.122. The third kappa shape index (κ3) is 4.75. The minimum Gasteiger partial charge on any atom is -0.493 e. The van der Waals surface area contributed by atoms with Crippen molar-refractivity contribution in [2.75, 3.05) is 20.8 Å². The number of halogens is 1. The summed E-state index contributed by atoms with van der Waals surface area (Å²) < 4.78 is 24.8. The molecule has 6 heteroatoms. The van der Waals surface area contributed by atoms with Gasteiger partial charge in [0.15, 0.2) is 11.5 Å². The summed E-state index contributed by atoms with van der Waals surface area (Å²) in [5.41, 5.74) is 3.23. The first-order valence-electron chi connectivity index (χ1n) is 10.5. The number of amides is 1. The summed E-state index contributed by atoms with van der Waals surface area (Å²) in [6.07, 6.45) is 2.06. The van der Waals surface area contributed by atoms with Crippen LogP contribution in [0, 0.1) is 5.82 Å². The molecule has 2 aromatic rings. The second-order valence-corrected chi connectivity index (χ2v) is 7.64. The molecule has 1 heterocycles. The zero-order valence-electron chi connectivity index (χ0n) is 18.2. The quantitative estimate of drug-likeness (QED) is 0.702. The molecule has 3 rings (SSSR count). The van der Waals surface area contributed by atoms with Gasteiger partial charge in [0.25, 0.3) is 0 Å². The maximum atomic E-state index is 13.8. The van der Waals surface area contributed by atoms with Gasteiger partial charge in [0, 0.05) is 25.6 Å². The van der Waals surface area contributed by atoms with E-state index in [1.54, 1.807) is 26.4 Å². The van der Waals surface area contributed by atoms with Gasteiger partial charge >= 0.3 is 0 Å². The fourth-order valence-corrected chi connectivity index (χ4v) is 4.26. The third-order valence-corrected chi connectivity index (χ3v) is 5.79. The van der Waals surface area contributed by atoms with E-state index in [1.807, 2.05) is 25.1 Å². The largest absolute Gasteiger partial charge is 0.493 e. The van der Waals surface area contributed by atoms with Gasteiger partial charge in [-0.25, -0.2) is 4.39 Å². The molecule has 30 heavy (non-hydrogen) atoms. The van der Waals surface area contributed by atoms with Crippen LogP contribution in [0.4, 0.5) is 4.39 Å². The number of carbonyl (C=O) groups is 1. The van der Waals surface area contributed by atoms with E-state index >= 15 is 0 Å². The van der Waals surface area contributed by atoms with Crippen molar-refractivity contribution in [2.24, 2.45) is 0 Å². The second kappa shape index (κ2) is 9.94. The first kappa shape index (κ1) is 22.1. The lowest BCUT2D eigenvalue weighted by atomic mass is 9.86. The zero-order valence-corrected chi connectivity index (χ0v) is 18.2. The predicted molar refractivity (Wildman–Crippen MR) is 115 cm³/mol. The number of hydrogen-bond donors (Lipinski definition) is 1.